The van der Waals surface area contributed by atoms with Crippen LogP contribution in [0.4, 0.5) is 0 Å². The number of benzene rings is 1. The Kier molecular flexibility index (Phi) is 4.78. The monoisotopic (exact) mass is 239 g/mol. The van der Waals surface area contributed by atoms with Crippen molar-refractivity contribution in [2.75, 3.05) is 0 Å². The van der Waals surface area contributed by atoms with Gasteiger partial charge in [-0.25, -0.2) is 0 Å². The maximum absolute atomic E-state index is 11.5. The van der Waals surface area contributed by atoms with Gasteiger partial charge in [0, 0.05) is 0 Å². The van der Waals surface area contributed by atoms with Gasteiger partial charge in [-0.15, -0.1) is 0 Å². The summed E-state index contributed by atoms with van der Waals surface area (Å²) < 4.78 is 0. The summed E-state index contributed by atoms with van der Waals surface area (Å²) in [5.41, 5.74) is 1.09. The molecule has 0 spiro atoms. The predicted molar refractivity (Wildman–Crippen MR) is 69.3 cm³/mol. The smallest absolute Gasteiger partial charge is 0.237 e. The van der Waals surface area contributed by atoms with E-state index in [1.54, 1.807) is 6.92 Å². The summed E-state index contributed by atoms with van der Waals surface area (Å²) >= 11 is 9.03. The minimum absolute atomic E-state index is 0.144. The van der Waals surface area contributed by atoms with E-state index in [0.29, 0.717) is 11.4 Å². The molecule has 0 heterocycles. The van der Waals surface area contributed by atoms with Crippen LogP contribution >= 0.6 is 24.8 Å². The van der Waals surface area contributed by atoms with Crippen LogP contribution in [0.2, 0.25) is 0 Å². The molecule has 0 aliphatic rings. The molecule has 1 aromatic carbocycles. The first-order valence-corrected chi connectivity index (χ1v) is 5.55. The second-order valence-electron chi connectivity index (χ2n) is 3.25. The van der Waals surface area contributed by atoms with Crippen LogP contribution in [0.15, 0.2) is 30.3 Å². The highest BCUT2D eigenvalue weighted by Gasteiger charge is 2.14. The Morgan fingerprint density at radius 1 is 1.47 bits per heavy atom. The Bertz CT molecular complexity index is 351. The van der Waals surface area contributed by atoms with E-state index in [1.165, 1.54) is 0 Å². The minimum atomic E-state index is -0.356. The van der Waals surface area contributed by atoms with Gasteiger partial charge >= 0.3 is 0 Å². The van der Waals surface area contributed by atoms with Gasteiger partial charge in [0.2, 0.25) is 5.91 Å². The van der Waals surface area contributed by atoms with E-state index in [9.17, 15) is 4.79 Å². The standard InChI is InChI=1S/C11H13NOS2/c1-8(14)12-11(13)10(15)7-9-5-3-2-4-6-9/h2-6,10,15H,7H2,1H3,(H,12,13,14). The quantitative estimate of drug-likeness (QED) is 0.624. The molecule has 15 heavy (non-hydrogen) atoms. The topological polar surface area (TPSA) is 29.1 Å². The van der Waals surface area contributed by atoms with Crippen molar-refractivity contribution in [2.45, 2.75) is 18.6 Å². The highest BCUT2D eigenvalue weighted by molar-refractivity contribution is 7.82. The first kappa shape index (κ1) is 12.2. The van der Waals surface area contributed by atoms with E-state index in [2.05, 4.69) is 17.9 Å². The van der Waals surface area contributed by atoms with Gasteiger partial charge in [0.1, 0.15) is 0 Å². The molecular weight excluding hydrogens is 226 g/mol. The molecule has 80 valence electrons. The van der Waals surface area contributed by atoms with Crippen LogP contribution in [-0.4, -0.2) is 16.1 Å². The Hall–Kier alpha value is -0.870. The molecule has 0 saturated carbocycles. The number of thiol groups is 1. The van der Waals surface area contributed by atoms with Gasteiger partial charge in [0.25, 0.3) is 0 Å². The lowest BCUT2D eigenvalue weighted by atomic mass is 10.1. The fraction of sp³-hybridized carbons (Fsp3) is 0.273. The number of carbonyl (C=O) groups excluding carboxylic acids is 1. The number of nitrogens with one attached hydrogen (secondary N) is 1. The molecule has 1 rings (SSSR count). The summed E-state index contributed by atoms with van der Waals surface area (Å²) in [4.78, 5) is 12.0. The highest BCUT2D eigenvalue weighted by atomic mass is 32.1. The molecule has 0 radical (unpaired) electrons. The van der Waals surface area contributed by atoms with E-state index in [4.69, 9.17) is 12.2 Å². The Morgan fingerprint density at radius 2 is 2.07 bits per heavy atom. The van der Waals surface area contributed by atoms with Gasteiger partial charge in [-0.1, -0.05) is 42.5 Å². The molecule has 0 fully saturated rings. The number of hydrogen-bond donors (Lipinski definition) is 2. The fourth-order valence-electron chi connectivity index (χ4n) is 1.19. The van der Waals surface area contributed by atoms with Crippen molar-refractivity contribution in [3.63, 3.8) is 0 Å². The first-order chi connectivity index (χ1) is 7.09. The third kappa shape index (κ3) is 4.44. The highest BCUT2D eigenvalue weighted by Crippen LogP contribution is 2.07. The molecule has 0 aromatic heterocycles. The van der Waals surface area contributed by atoms with Gasteiger partial charge in [-0.2, -0.15) is 12.6 Å². The van der Waals surface area contributed by atoms with Gasteiger partial charge in [-0.05, 0) is 18.9 Å². The van der Waals surface area contributed by atoms with Gasteiger partial charge in [-0.3, -0.25) is 4.79 Å². The van der Waals surface area contributed by atoms with Crippen molar-refractivity contribution < 1.29 is 4.79 Å². The summed E-state index contributed by atoms with van der Waals surface area (Å²) in [6.45, 7) is 1.68. The van der Waals surface area contributed by atoms with Crippen LogP contribution in [0.3, 0.4) is 0 Å². The molecule has 4 heteroatoms. The van der Waals surface area contributed by atoms with E-state index in [-0.39, 0.29) is 11.2 Å². The lowest BCUT2D eigenvalue weighted by Crippen LogP contribution is -2.34. The SMILES string of the molecule is CC(=S)NC(=O)C(S)Cc1ccccc1. The molecule has 1 N–H and O–H groups in total. The zero-order valence-electron chi connectivity index (χ0n) is 8.43. The van der Waals surface area contributed by atoms with Crippen molar-refractivity contribution in [2.24, 2.45) is 0 Å². The molecular formula is C11H13NOS2. The molecule has 2 nitrogen and oxygen atoms in total. The van der Waals surface area contributed by atoms with Crippen LogP contribution in [0.1, 0.15) is 12.5 Å². The Balaban J connectivity index is 2.52. The average molecular weight is 239 g/mol. The molecule has 0 bridgehead atoms. The van der Waals surface area contributed by atoms with Crippen molar-refractivity contribution >= 4 is 35.7 Å². The molecule has 1 aromatic rings. The normalized spacial score (nSPS) is 11.9. The van der Waals surface area contributed by atoms with Gasteiger partial charge < -0.3 is 5.32 Å². The molecule has 1 atom stereocenters. The number of rotatable bonds is 3. The van der Waals surface area contributed by atoms with Crippen LogP contribution < -0.4 is 5.32 Å². The second-order valence-corrected chi connectivity index (χ2v) is 4.49. The van der Waals surface area contributed by atoms with Crippen molar-refractivity contribution in [3.8, 4) is 0 Å². The fourth-order valence-corrected chi connectivity index (χ4v) is 1.56. The number of hydrogen-bond acceptors (Lipinski definition) is 3. The summed E-state index contributed by atoms with van der Waals surface area (Å²) in [6.07, 6.45) is 0.610. The number of amides is 1. The molecule has 0 saturated heterocycles. The lowest BCUT2D eigenvalue weighted by molar-refractivity contribution is -0.119. The zero-order valence-corrected chi connectivity index (χ0v) is 10.1. The molecule has 0 aliphatic carbocycles. The third-order valence-electron chi connectivity index (χ3n) is 1.87. The first-order valence-electron chi connectivity index (χ1n) is 4.63. The van der Waals surface area contributed by atoms with Crippen LogP contribution in [-0.2, 0) is 11.2 Å². The zero-order chi connectivity index (χ0) is 11.3. The summed E-state index contributed by atoms with van der Waals surface area (Å²) in [7, 11) is 0. The van der Waals surface area contributed by atoms with Gasteiger partial charge in [0.05, 0.1) is 10.2 Å². The van der Waals surface area contributed by atoms with Crippen LogP contribution in [0.5, 0.6) is 0 Å². The minimum Gasteiger partial charge on any atom is -0.320 e. The lowest BCUT2D eigenvalue weighted by Gasteiger charge is -2.10. The van der Waals surface area contributed by atoms with Crippen molar-refractivity contribution in [1.82, 2.24) is 5.32 Å². The van der Waals surface area contributed by atoms with E-state index in [1.807, 2.05) is 30.3 Å². The van der Waals surface area contributed by atoms with Crippen LogP contribution in [0.25, 0.3) is 0 Å². The predicted octanol–water partition coefficient (Wildman–Crippen LogP) is 1.99. The average Bonchev–Trinajstić information content (AvgIpc) is 2.18. The van der Waals surface area contributed by atoms with Crippen LogP contribution in [0, 0.1) is 0 Å². The Morgan fingerprint density at radius 3 is 2.60 bits per heavy atom. The third-order valence-corrected chi connectivity index (χ3v) is 2.39. The molecule has 1 unspecified atom stereocenters. The number of carbonyl (C=O) groups is 1. The summed E-state index contributed by atoms with van der Waals surface area (Å²) in [6, 6.07) is 9.77. The maximum atomic E-state index is 11.5. The van der Waals surface area contributed by atoms with Gasteiger partial charge in [0.15, 0.2) is 0 Å². The largest absolute Gasteiger partial charge is 0.320 e. The second kappa shape index (κ2) is 5.88. The summed E-state index contributed by atoms with van der Waals surface area (Å²) in [5.74, 6) is -0.144. The van der Waals surface area contributed by atoms with Crippen molar-refractivity contribution in [3.05, 3.63) is 35.9 Å². The number of thiocarbonyl (C=S) groups is 1. The molecule has 0 aliphatic heterocycles. The Labute approximate surface area is 100 Å². The van der Waals surface area contributed by atoms with E-state index >= 15 is 0 Å². The van der Waals surface area contributed by atoms with E-state index in [0.717, 1.165) is 5.56 Å². The van der Waals surface area contributed by atoms with Crippen molar-refractivity contribution in [1.29, 1.82) is 0 Å². The maximum Gasteiger partial charge on any atom is 0.237 e. The summed E-state index contributed by atoms with van der Waals surface area (Å²) in [5, 5.41) is 2.22. The van der Waals surface area contributed by atoms with E-state index < -0.39 is 0 Å². The molecule has 1 amide bonds.